The van der Waals surface area contributed by atoms with E-state index in [1.54, 1.807) is 31.1 Å². The molecule has 4 N–H and O–H groups in total. The minimum Gasteiger partial charge on any atom is -0.484 e. The number of carbonyl (C=O) groups excluding carboxylic acids is 4. The Balaban J connectivity index is 0.00000217. The Morgan fingerprint density at radius 3 is 2.48 bits per heavy atom. The minimum atomic E-state index is -0.989. The van der Waals surface area contributed by atoms with Gasteiger partial charge in [0.05, 0.1) is 36.1 Å². The lowest BCUT2D eigenvalue weighted by Crippen LogP contribution is -2.52. The van der Waals surface area contributed by atoms with Gasteiger partial charge in [0.2, 0.25) is 11.8 Å². The van der Waals surface area contributed by atoms with Crippen LogP contribution in [0.1, 0.15) is 47.4 Å². The predicted molar refractivity (Wildman–Crippen MR) is 184 cm³/mol. The second kappa shape index (κ2) is 21.8. The summed E-state index contributed by atoms with van der Waals surface area (Å²) in [5.74, 6) is -0.384. The Labute approximate surface area is 296 Å². The van der Waals surface area contributed by atoms with Gasteiger partial charge in [0, 0.05) is 72.5 Å². The summed E-state index contributed by atoms with van der Waals surface area (Å²) in [6.07, 6.45) is 1.82. The first-order chi connectivity index (χ1) is 24.2. The zero-order chi connectivity index (χ0) is 36.2. The monoisotopic (exact) mass is 719 g/mol. The van der Waals surface area contributed by atoms with Crippen LogP contribution in [-0.4, -0.2) is 140 Å². The van der Waals surface area contributed by atoms with Crippen LogP contribution in [0.25, 0.3) is 0 Å². The maximum Gasteiger partial charge on any atom is 0.290 e. The molecule has 1 aromatic heterocycles. The molecule has 276 valence electrons. The molecule has 2 aromatic rings. The third kappa shape index (κ3) is 13.3. The summed E-state index contributed by atoms with van der Waals surface area (Å²) in [6, 6.07) is 7.30. The molecule has 3 aliphatic heterocycles. The van der Waals surface area contributed by atoms with Crippen molar-refractivity contribution in [1.29, 1.82) is 0 Å². The third-order valence-corrected chi connectivity index (χ3v) is 9.06. The molecule has 1 fully saturated rings. The highest BCUT2D eigenvalue weighted by Crippen LogP contribution is 2.29. The van der Waals surface area contributed by atoms with Crippen molar-refractivity contribution < 1.29 is 43.3 Å². The van der Waals surface area contributed by atoms with Crippen molar-refractivity contribution in [3.8, 4) is 5.75 Å². The second-order valence-electron chi connectivity index (χ2n) is 12.0. The van der Waals surface area contributed by atoms with Crippen molar-refractivity contribution in [2.24, 2.45) is 5.41 Å². The lowest BCUT2D eigenvalue weighted by Gasteiger charge is -2.34. The number of fused-ring (bicyclic) bond motifs is 17. The molecule has 50 heavy (non-hydrogen) atoms. The molecule has 1 saturated heterocycles. The Morgan fingerprint density at radius 2 is 1.80 bits per heavy atom. The van der Waals surface area contributed by atoms with Gasteiger partial charge in [-0.05, 0) is 50.3 Å². The summed E-state index contributed by atoms with van der Waals surface area (Å²) in [6.45, 7) is 6.98. The van der Waals surface area contributed by atoms with Crippen molar-refractivity contribution in [2.75, 3.05) is 85.9 Å². The van der Waals surface area contributed by atoms with E-state index in [9.17, 15) is 19.2 Å². The maximum atomic E-state index is 14.0. The van der Waals surface area contributed by atoms with Gasteiger partial charge in [-0.1, -0.05) is 12.1 Å². The topological polar surface area (TPSA) is 202 Å². The number of ether oxygens (including phenoxy) is 3. The van der Waals surface area contributed by atoms with Gasteiger partial charge in [0.25, 0.3) is 18.3 Å². The van der Waals surface area contributed by atoms with Crippen LogP contribution in [-0.2, 0) is 35.1 Å². The summed E-state index contributed by atoms with van der Waals surface area (Å²) in [5.41, 5.74) is 0.736. The Morgan fingerprint density at radius 1 is 1.08 bits per heavy atom. The van der Waals surface area contributed by atoms with Crippen LogP contribution < -0.4 is 20.7 Å². The average Bonchev–Trinajstić information content (AvgIpc) is 3.55. The van der Waals surface area contributed by atoms with Crippen molar-refractivity contribution in [3.05, 3.63) is 41.2 Å². The summed E-state index contributed by atoms with van der Waals surface area (Å²) < 4.78 is 24.8. The average molecular weight is 720 g/mol. The quantitative estimate of drug-likeness (QED) is 0.276. The lowest BCUT2D eigenvalue weighted by molar-refractivity contribution is -0.133. The number of carboxylic acid groups (broad SMARTS) is 1. The normalized spacial score (nSPS) is 19.9. The molecule has 0 spiro atoms. The van der Waals surface area contributed by atoms with E-state index in [0.29, 0.717) is 95.4 Å². The molecule has 1 atom stereocenters. The summed E-state index contributed by atoms with van der Waals surface area (Å²) >= 11 is 0.978. The molecule has 5 rings (SSSR count). The molecular weight excluding hydrogens is 670 g/mol. The fraction of sp³-hybridized carbons (Fsp3) is 0.606. The lowest BCUT2D eigenvalue weighted by atomic mass is 9.77. The van der Waals surface area contributed by atoms with Crippen LogP contribution >= 0.6 is 11.7 Å². The Hall–Kier alpha value is -4.19. The van der Waals surface area contributed by atoms with Gasteiger partial charge in [0.15, 0.2) is 12.3 Å². The van der Waals surface area contributed by atoms with Gasteiger partial charge in [-0.25, -0.2) is 0 Å². The molecule has 0 radical (unpaired) electrons. The highest BCUT2D eigenvalue weighted by atomic mass is 32.1. The molecule has 1 unspecified atom stereocenters. The largest absolute Gasteiger partial charge is 0.484 e. The standard InChI is InChI=1S/C32H47N7O7S.CH2O2/c1-24-29(37-47-36-24)30(42)39-13-3-5-27(40)35-23-32(10-18-44-2,31(43)34-12-15-38-16-19-45-20-17-38)21-25-6-8-26(9-7-25)46-22-28(41)33-11-4-14-39;2-1-3/h6-9H,3-5,10-23H2,1-2H3,(H,33,41)(H,34,43)(H,35,40);1H,(H,2,3). The van der Waals surface area contributed by atoms with Crippen LogP contribution in [0, 0.1) is 12.3 Å². The number of nitrogens with one attached hydrogen (secondary N) is 3. The van der Waals surface area contributed by atoms with Crippen LogP contribution in [0.4, 0.5) is 0 Å². The van der Waals surface area contributed by atoms with Crippen molar-refractivity contribution in [3.63, 3.8) is 0 Å². The van der Waals surface area contributed by atoms with Gasteiger partial charge < -0.3 is 40.2 Å². The van der Waals surface area contributed by atoms with Crippen LogP contribution in [0.2, 0.25) is 0 Å². The number of nitrogens with zero attached hydrogens (tertiary/aromatic N) is 4. The highest BCUT2D eigenvalue weighted by molar-refractivity contribution is 6.99. The molecule has 4 heterocycles. The first-order valence-corrected chi connectivity index (χ1v) is 17.4. The van der Waals surface area contributed by atoms with E-state index in [2.05, 4.69) is 29.6 Å². The SMILES string of the molecule is COCCC1(C(=O)NCCN2CCOCC2)CNC(=O)CCCN(C(=O)c2nsnc2C)CCCNC(=O)COc2ccc(cc2)C1.O=CO. The van der Waals surface area contributed by atoms with Crippen LogP contribution in [0.3, 0.4) is 0 Å². The van der Waals surface area contributed by atoms with Gasteiger partial charge >= 0.3 is 0 Å². The second-order valence-corrected chi connectivity index (χ2v) is 12.6. The van der Waals surface area contributed by atoms with E-state index < -0.39 is 5.41 Å². The fourth-order valence-corrected chi connectivity index (χ4v) is 6.16. The molecule has 3 aliphatic rings. The number of morpholine rings is 1. The molecule has 4 amide bonds. The molecule has 2 bridgehead atoms. The van der Waals surface area contributed by atoms with Crippen molar-refractivity contribution in [1.82, 2.24) is 34.5 Å². The van der Waals surface area contributed by atoms with Gasteiger partial charge in [0.1, 0.15) is 5.75 Å². The number of hydrogen-bond donors (Lipinski definition) is 4. The molecule has 17 heteroatoms. The first-order valence-electron chi connectivity index (χ1n) is 16.7. The zero-order valence-corrected chi connectivity index (χ0v) is 29.6. The fourth-order valence-electron chi connectivity index (χ4n) is 5.62. The number of rotatable bonds is 8. The van der Waals surface area contributed by atoms with E-state index in [-0.39, 0.29) is 49.7 Å². The number of aromatic nitrogens is 2. The molecule has 1 aromatic carbocycles. The van der Waals surface area contributed by atoms with Gasteiger partial charge in [-0.3, -0.25) is 28.9 Å². The number of aryl methyl sites for hydroxylation is 1. The van der Waals surface area contributed by atoms with Crippen LogP contribution in [0.15, 0.2) is 24.3 Å². The maximum absolute atomic E-state index is 14.0. The van der Waals surface area contributed by atoms with Crippen LogP contribution in [0.5, 0.6) is 5.75 Å². The Kier molecular flexibility index (Phi) is 17.5. The van der Waals surface area contributed by atoms with E-state index in [1.165, 1.54) is 0 Å². The third-order valence-electron chi connectivity index (χ3n) is 8.44. The van der Waals surface area contributed by atoms with E-state index in [0.717, 1.165) is 30.4 Å². The van der Waals surface area contributed by atoms with Crippen molar-refractivity contribution in [2.45, 2.75) is 39.0 Å². The van der Waals surface area contributed by atoms with Gasteiger partial charge in [-0.2, -0.15) is 8.75 Å². The summed E-state index contributed by atoms with van der Waals surface area (Å²) in [4.78, 5) is 65.2. The number of methoxy groups -OCH3 is 1. The van der Waals surface area contributed by atoms with E-state index >= 15 is 0 Å². The molecule has 0 aliphatic carbocycles. The summed E-state index contributed by atoms with van der Waals surface area (Å²) in [7, 11) is 1.59. The number of hydrogen-bond acceptors (Lipinski definition) is 12. The zero-order valence-electron chi connectivity index (χ0n) is 28.8. The number of amides is 4. The first kappa shape index (κ1) is 40.2. The predicted octanol–water partition coefficient (Wildman–Crippen LogP) is 0.499. The summed E-state index contributed by atoms with van der Waals surface area (Å²) in [5, 5.41) is 15.9. The van der Waals surface area contributed by atoms with E-state index in [1.807, 2.05) is 12.1 Å². The number of benzene rings is 1. The highest BCUT2D eigenvalue weighted by Gasteiger charge is 2.39. The molecule has 16 nitrogen and oxygen atoms in total. The molecule has 0 saturated carbocycles. The Bertz CT molecular complexity index is 1370. The van der Waals surface area contributed by atoms with E-state index in [4.69, 9.17) is 24.1 Å². The minimum absolute atomic E-state index is 0.114. The van der Waals surface area contributed by atoms with Gasteiger partial charge in [-0.15, -0.1) is 0 Å². The number of carbonyl (C=O) groups is 5. The van der Waals surface area contributed by atoms with Crippen molar-refractivity contribution >= 4 is 41.8 Å². The molecular formula is C33H49N7O9S. The smallest absolute Gasteiger partial charge is 0.290 e.